The predicted molar refractivity (Wildman–Crippen MR) is 160 cm³/mol. The van der Waals surface area contributed by atoms with Gasteiger partial charge in [0.05, 0.1) is 0 Å². The summed E-state index contributed by atoms with van der Waals surface area (Å²) in [6.07, 6.45) is 4.09. The highest BCUT2D eigenvalue weighted by Gasteiger charge is 2.59. The summed E-state index contributed by atoms with van der Waals surface area (Å²) in [5.41, 5.74) is 1.20. The SMILES string of the molecule is CC1(C)[C@H]2C[C@H](P(c3ccccc3)c3ccccc3)[C@H](CP(c3ccccc3)c3ccccc3)[C@@H]1C2. The lowest BCUT2D eigenvalue weighted by Gasteiger charge is -2.64. The molecule has 4 aromatic rings. The summed E-state index contributed by atoms with van der Waals surface area (Å²) in [7, 11) is -0.800. The third kappa shape index (κ3) is 4.49. The average Bonchev–Trinajstić information content (AvgIpc) is 2.94. The zero-order valence-corrected chi connectivity index (χ0v) is 23.2. The fourth-order valence-electron chi connectivity index (χ4n) is 6.96. The second-order valence-corrected chi connectivity index (χ2v) is 15.8. The van der Waals surface area contributed by atoms with Gasteiger partial charge < -0.3 is 0 Å². The van der Waals surface area contributed by atoms with E-state index in [9.17, 15) is 0 Å². The summed E-state index contributed by atoms with van der Waals surface area (Å²) in [5.74, 6) is 2.42. The predicted octanol–water partition coefficient (Wildman–Crippen LogP) is 7.30. The lowest BCUT2D eigenvalue weighted by Crippen LogP contribution is -2.58. The van der Waals surface area contributed by atoms with E-state index in [0.717, 1.165) is 23.4 Å². The molecule has 3 aliphatic carbocycles. The molecule has 182 valence electrons. The molecule has 4 atom stereocenters. The Kier molecular flexibility index (Phi) is 6.86. The average molecular weight is 507 g/mol. The molecular formula is C34H36P2. The van der Waals surface area contributed by atoms with Crippen molar-refractivity contribution in [1.29, 1.82) is 0 Å². The van der Waals surface area contributed by atoms with Crippen LogP contribution < -0.4 is 21.2 Å². The molecule has 0 N–H and O–H groups in total. The molecule has 0 radical (unpaired) electrons. The molecule has 36 heavy (non-hydrogen) atoms. The molecule has 0 unspecified atom stereocenters. The first-order valence-corrected chi connectivity index (χ1v) is 16.3. The van der Waals surface area contributed by atoms with Crippen molar-refractivity contribution < 1.29 is 0 Å². The molecule has 0 heterocycles. The Hall–Kier alpha value is -2.26. The molecule has 3 saturated carbocycles. The summed E-state index contributed by atoms with van der Waals surface area (Å²) >= 11 is 0. The third-order valence-corrected chi connectivity index (χ3v) is 14.6. The van der Waals surface area contributed by atoms with Gasteiger partial charge in [-0.3, -0.25) is 0 Å². The maximum Gasteiger partial charge on any atom is -0.00912 e. The zero-order chi connectivity index (χ0) is 24.5. The van der Waals surface area contributed by atoms with Gasteiger partial charge in [0.15, 0.2) is 0 Å². The second kappa shape index (κ2) is 10.2. The minimum absolute atomic E-state index is 0.396. The van der Waals surface area contributed by atoms with Crippen molar-refractivity contribution >= 4 is 37.1 Å². The van der Waals surface area contributed by atoms with Gasteiger partial charge in [0, 0.05) is 0 Å². The molecule has 7 rings (SSSR count). The number of fused-ring (bicyclic) bond motifs is 2. The Morgan fingerprint density at radius 2 is 1.00 bits per heavy atom. The normalized spacial score (nSPS) is 24.4. The number of rotatable bonds is 7. The second-order valence-electron chi connectivity index (χ2n) is 11.2. The van der Waals surface area contributed by atoms with Gasteiger partial charge in [-0.1, -0.05) is 135 Å². The number of hydrogen-bond donors (Lipinski definition) is 0. The van der Waals surface area contributed by atoms with Crippen molar-refractivity contribution in [1.82, 2.24) is 0 Å². The van der Waals surface area contributed by atoms with Gasteiger partial charge in [0.25, 0.3) is 0 Å². The molecule has 0 spiro atoms. The largest absolute Gasteiger partial charge is 0.0622 e. The molecular weight excluding hydrogens is 470 g/mol. The summed E-state index contributed by atoms with van der Waals surface area (Å²) in [6, 6.07) is 45.7. The standard InChI is InChI=1S/C34H36P2/c1-34(2)26-23-32(34)31(25-35(27-15-7-3-8-16-27)28-17-9-4-10-18-28)33(24-26)36(29-19-11-5-12-20-29)30-21-13-6-14-22-30/h3-22,26,31-33H,23-25H2,1-2H3/t26-,31-,32+,33+/m1/s1. The lowest BCUT2D eigenvalue weighted by molar-refractivity contribution is -0.0944. The van der Waals surface area contributed by atoms with Crippen molar-refractivity contribution in [3.8, 4) is 0 Å². The molecule has 2 heteroatoms. The Balaban J connectivity index is 1.44. The van der Waals surface area contributed by atoms with Crippen molar-refractivity contribution in [2.45, 2.75) is 32.3 Å². The van der Waals surface area contributed by atoms with E-state index in [1.807, 2.05) is 0 Å². The molecule has 2 bridgehead atoms. The molecule has 0 amide bonds. The third-order valence-electron chi connectivity index (χ3n) is 9.01. The number of benzene rings is 4. The summed E-state index contributed by atoms with van der Waals surface area (Å²) in [5, 5.41) is 6.16. The highest BCUT2D eigenvalue weighted by atomic mass is 31.1. The van der Waals surface area contributed by atoms with Gasteiger partial charge in [0.1, 0.15) is 0 Å². The van der Waals surface area contributed by atoms with Crippen LogP contribution in [0.4, 0.5) is 0 Å². The fraction of sp³-hybridized carbons (Fsp3) is 0.294. The smallest absolute Gasteiger partial charge is 0.00912 e. The Bertz CT molecular complexity index is 1170. The van der Waals surface area contributed by atoms with Gasteiger partial charge >= 0.3 is 0 Å². The first kappa shape index (κ1) is 24.1. The number of hydrogen-bond acceptors (Lipinski definition) is 0. The van der Waals surface area contributed by atoms with Crippen molar-refractivity contribution in [2.75, 3.05) is 6.16 Å². The van der Waals surface area contributed by atoms with Gasteiger partial charge in [-0.15, -0.1) is 0 Å². The van der Waals surface area contributed by atoms with Gasteiger partial charge in [-0.05, 0) is 84.9 Å². The first-order chi connectivity index (χ1) is 17.6. The van der Waals surface area contributed by atoms with Crippen LogP contribution in [0.2, 0.25) is 0 Å². The highest BCUT2D eigenvalue weighted by molar-refractivity contribution is 7.74. The van der Waals surface area contributed by atoms with Gasteiger partial charge in [-0.25, -0.2) is 0 Å². The minimum Gasteiger partial charge on any atom is -0.0622 e. The maximum absolute atomic E-state index is 2.57. The molecule has 0 aromatic heterocycles. The highest BCUT2D eigenvalue weighted by Crippen LogP contribution is 2.68. The molecule has 0 aliphatic heterocycles. The quantitative estimate of drug-likeness (QED) is 0.231. The Morgan fingerprint density at radius 1 is 0.583 bits per heavy atom. The van der Waals surface area contributed by atoms with Crippen LogP contribution in [0.1, 0.15) is 26.7 Å². The van der Waals surface area contributed by atoms with E-state index in [1.54, 1.807) is 10.6 Å². The summed E-state index contributed by atoms with van der Waals surface area (Å²) in [6.45, 7) is 5.13. The van der Waals surface area contributed by atoms with Crippen LogP contribution in [-0.4, -0.2) is 11.8 Å². The van der Waals surface area contributed by atoms with Crippen molar-refractivity contribution in [2.24, 2.45) is 23.2 Å². The monoisotopic (exact) mass is 506 g/mol. The van der Waals surface area contributed by atoms with Crippen LogP contribution in [0, 0.1) is 23.2 Å². The van der Waals surface area contributed by atoms with E-state index in [2.05, 4.69) is 135 Å². The van der Waals surface area contributed by atoms with Crippen LogP contribution in [0.5, 0.6) is 0 Å². The Morgan fingerprint density at radius 3 is 1.42 bits per heavy atom. The topological polar surface area (TPSA) is 0 Å². The fourth-order valence-corrected chi connectivity index (χ4v) is 13.1. The van der Waals surface area contributed by atoms with E-state index in [0.29, 0.717) is 5.41 Å². The maximum atomic E-state index is 2.57. The van der Waals surface area contributed by atoms with Crippen LogP contribution in [0.15, 0.2) is 121 Å². The Labute approximate surface area is 219 Å². The van der Waals surface area contributed by atoms with Crippen LogP contribution in [-0.2, 0) is 0 Å². The van der Waals surface area contributed by atoms with Gasteiger partial charge in [-0.2, -0.15) is 0 Å². The van der Waals surface area contributed by atoms with Crippen LogP contribution in [0.25, 0.3) is 0 Å². The van der Waals surface area contributed by atoms with E-state index < -0.39 is 15.8 Å². The molecule has 4 aromatic carbocycles. The van der Waals surface area contributed by atoms with Crippen LogP contribution in [0.3, 0.4) is 0 Å². The molecule has 0 saturated heterocycles. The zero-order valence-electron chi connectivity index (χ0n) is 21.4. The van der Waals surface area contributed by atoms with E-state index in [1.165, 1.54) is 29.6 Å². The van der Waals surface area contributed by atoms with E-state index >= 15 is 0 Å². The first-order valence-electron chi connectivity index (χ1n) is 13.4. The van der Waals surface area contributed by atoms with E-state index in [-0.39, 0.29) is 0 Å². The van der Waals surface area contributed by atoms with E-state index in [4.69, 9.17) is 0 Å². The molecule has 3 fully saturated rings. The lowest BCUT2D eigenvalue weighted by atomic mass is 9.46. The molecule has 0 nitrogen and oxygen atoms in total. The minimum atomic E-state index is -0.404. The molecule has 3 aliphatic rings. The van der Waals surface area contributed by atoms with Crippen molar-refractivity contribution in [3.05, 3.63) is 121 Å². The summed E-state index contributed by atoms with van der Waals surface area (Å²) < 4.78 is 0. The summed E-state index contributed by atoms with van der Waals surface area (Å²) in [4.78, 5) is 0. The van der Waals surface area contributed by atoms with Crippen LogP contribution >= 0.6 is 15.8 Å². The van der Waals surface area contributed by atoms with Crippen molar-refractivity contribution in [3.63, 3.8) is 0 Å². The van der Waals surface area contributed by atoms with Gasteiger partial charge in [0.2, 0.25) is 0 Å².